The summed E-state index contributed by atoms with van der Waals surface area (Å²) in [6.45, 7) is 0. The third-order valence-electron chi connectivity index (χ3n) is 4.24. The van der Waals surface area contributed by atoms with E-state index in [1.54, 1.807) is 48.5 Å². The molecule has 0 saturated heterocycles. The van der Waals surface area contributed by atoms with Crippen molar-refractivity contribution in [3.8, 4) is 5.75 Å². The fraction of sp³-hybridized carbons (Fsp3) is 0. The van der Waals surface area contributed by atoms with Crippen LogP contribution in [0.5, 0.6) is 5.75 Å². The maximum Gasteiger partial charge on any atom is 1.00 e. The van der Waals surface area contributed by atoms with Crippen molar-refractivity contribution in [2.75, 3.05) is 5.32 Å². The number of aromatic hydroxyl groups is 1. The van der Waals surface area contributed by atoms with Gasteiger partial charge >= 0.3 is 59.1 Å². The summed E-state index contributed by atoms with van der Waals surface area (Å²) in [5, 5.41) is 50.4. The predicted octanol–water partition coefficient (Wildman–Crippen LogP) is -1.99. The number of hydrogen-bond acceptors (Lipinski definition) is 15. The number of phenols is 1. The van der Waals surface area contributed by atoms with E-state index in [0.29, 0.717) is 51.1 Å². The molecule has 0 fully saturated rings. The van der Waals surface area contributed by atoms with Crippen molar-refractivity contribution in [1.29, 1.82) is 0 Å². The molecule has 13 nitrogen and oxygen atoms in total. The quantitative estimate of drug-likeness (QED) is 0.0693. The standard InChI is InChI=1S/C19H13ClN6O7S2.2Na/c20-18-21-9-22-19(24-18)23-11-5-4-10-6-15(35-33-31-29)16(17(27)14(10)8-11)26-25-12-2-1-3-13(7-12)34-32-30-28;;/h1-9,27-29H,(H,21,22,23,24);;/q;2*+1/p-2. The summed E-state index contributed by atoms with van der Waals surface area (Å²) in [5.41, 5.74) is 0.933. The van der Waals surface area contributed by atoms with Crippen LogP contribution in [0.1, 0.15) is 0 Å². The van der Waals surface area contributed by atoms with Gasteiger partial charge in [0.1, 0.15) is 12.0 Å². The van der Waals surface area contributed by atoms with Gasteiger partial charge in [0.05, 0.1) is 34.7 Å². The number of rotatable bonds is 10. The van der Waals surface area contributed by atoms with Crippen molar-refractivity contribution in [3.63, 3.8) is 0 Å². The SMILES string of the molecule is [Na+].[Na+].[O-]OOSc1cccc(N=Nc2c(SOO[O-])cc3ccc(Nc4ncnc(Cl)n4)cc3c2O)c1. The van der Waals surface area contributed by atoms with Crippen LogP contribution in [-0.4, -0.2) is 20.1 Å². The molecule has 0 aliphatic heterocycles. The fourth-order valence-electron chi connectivity index (χ4n) is 2.85. The van der Waals surface area contributed by atoms with Crippen LogP contribution in [0.25, 0.3) is 10.8 Å². The smallest absolute Gasteiger partial charge is 0.691 e. The molecule has 0 unspecified atom stereocenters. The minimum Gasteiger partial charge on any atom is -0.691 e. The summed E-state index contributed by atoms with van der Waals surface area (Å²) in [7, 11) is 0. The summed E-state index contributed by atoms with van der Waals surface area (Å²) in [4.78, 5) is 12.4. The van der Waals surface area contributed by atoms with E-state index in [0.717, 1.165) is 0 Å². The van der Waals surface area contributed by atoms with Gasteiger partial charge in [0.2, 0.25) is 11.2 Å². The number of phenolic OH excluding ortho intramolecular Hbond substituents is 1. The van der Waals surface area contributed by atoms with Crippen LogP contribution in [0.4, 0.5) is 23.0 Å². The third kappa shape index (κ3) is 8.96. The van der Waals surface area contributed by atoms with Crippen molar-refractivity contribution in [2.45, 2.75) is 9.79 Å². The van der Waals surface area contributed by atoms with Gasteiger partial charge in [-0.15, -0.1) is 5.11 Å². The first-order chi connectivity index (χ1) is 17.1. The van der Waals surface area contributed by atoms with Crippen LogP contribution in [0.15, 0.2) is 74.9 Å². The van der Waals surface area contributed by atoms with Gasteiger partial charge < -0.3 is 20.9 Å². The maximum atomic E-state index is 11.0. The van der Waals surface area contributed by atoms with Gasteiger partial charge in [0.25, 0.3) is 0 Å². The minimum absolute atomic E-state index is 0. The maximum absolute atomic E-state index is 11.0. The summed E-state index contributed by atoms with van der Waals surface area (Å²) in [6.07, 6.45) is 1.25. The van der Waals surface area contributed by atoms with E-state index in [-0.39, 0.29) is 86.7 Å². The van der Waals surface area contributed by atoms with Gasteiger partial charge in [-0.25, -0.2) is 9.97 Å². The zero-order valence-electron chi connectivity index (χ0n) is 19.0. The number of aromatic nitrogens is 3. The number of hydrogen-bond donors (Lipinski definition) is 2. The van der Waals surface area contributed by atoms with Crippen LogP contribution in [0.2, 0.25) is 5.28 Å². The molecule has 0 amide bonds. The van der Waals surface area contributed by atoms with Gasteiger partial charge in [0, 0.05) is 16.0 Å². The first-order valence-corrected chi connectivity index (χ1v) is 11.1. The molecule has 0 bridgehead atoms. The van der Waals surface area contributed by atoms with E-state index in [1.165, 1.54) is 6.33 Å². The van der Waals surface area contributed by atoms with Crippen molar-refractivity contribution < 1.29 is 93.5 Å². The molecule has 0 radical (unpaired) electrons. The Morgan fingerprint density at radius 2 is 1.73 bits per heavy atom. The molecule has 18 heteroatoms. The number of azo groups is 1. The van der Waals surface area contributed by atoms with Gasteiger partial charge in [0.15, 0.2) is 5.75 Å². The van der Waals surface area contributed by atoms with Crippen LogP contribution >= 0.6 is 35.7 Å². The Morgan fingerprint density at radius 3 is 2.49 bits per heavy atom. The molecular weight excluding hydrogens is 570 g/mol. The van der Waals surface area contributed by atoms with Gasteiger partial charge in [-0.2, -0.15) is 18.8 Å². The van der Waals surface area contributed by atoms with E-state index in [1.807, 2.05) is 0 Å². The number of anilines is 2. The normalized spacial score (nSPS) is 10.8. The molecule has 0 atom stereocenters. The Hall–Kier alpha value is -1.12. The van der Waals surface area contributed by atoms with Crippen LogP contribution in [0.3, 0.4) is 0 Å². The van der Waals surface area contributed by atoms with Gasteiger partial charge in [-0.3, -0.25) is 10.1 Å². The van der Waals surface area contributed by atoms with Gasteiger partial charge in [-0.1, -0.05) is 12.1 Å². The third-order valence-corrected chi connectivity index (χ3v) is 5.61. The largest absolute Gasteiger partial charge is 1.00 e. The molecule has 37 heavy (non-hydrogen) atoms. The van der Waals surface area contributed by atoms with E-state index in [9.17, 15) is 15.6 Å². The predicted molar refractivity (Wildman–Crippen MR) is 120 cm³/mol. The second-order valence-corrected chi connectivity index (χ2v) is 8.20. The Balaban J connectivity index is 0.00000241. The Bertz CT molecular complexity index is 1380. The first-order valence-electron chi connectivity index (χ1n) is 9.27. The van der Waals surface area contributed by atoms with E-state index in [4.69, 9.17) is 11.6 Å². The molecule has 0 spiro atoms. The molecule has 0 aliphatic rings. The Kier molecular flexibility index (Phi) is 14.0. The Labute approximate surface area is 266 Å². The van der Waals surface area contributed by atoms with Crippen molar-refractivity contribution >= 4 is 69.5 Å². The van der Waals surface area contributed by atoms with Crippen molar-refractivity contribution in [2.24, 2.45) is 10.2 Å². The van der Waals surface area contributed by atoms with Crippen LogP contribution < -0.4 is 74.9 Å². The fourth-order valence-corrected chi connectivity index (χ4v) is 3.88. The molecule has 1 aromatic heterocycles. The van der Waals surface area contributed by atoms with E-state index >= 15 is 0 Å². The van der Waals surface area contributed by atoms with Crippen molar-refractivity contribution in [1.82, 2.24) is 15.0 Å². The topological polar surface area (TPSA) is 179 Å². The molecule has 4 aromatic rings. The van der Waals surface area contributed by atoms with E-state index in [2.05, 4.69) is 49.2 Å². The number of nitrogens with one attached hydrogen (secondary N) is 1. The molecule has 0 saturated carbocycles. The molecular formula is C19H11ClN6Na2O7S2. The average Bonchev–Trinajstić information content (AvgIpc) is 2.86. The van der Waals surface area contributed by atoms with Gasteiger partial charge in [-0.05, 0) is 53.4 Å². The van der Waals surface area contributed by atoms with Crippen LogP contribution in [-0.2, 0) is 18.7 Å². The van der Waals surface area contributed by atoms with Crippen molar-refractivity contribution in [3.05, 3.63) is 60.1 Å². The molecule has 1 heterocycles. The monoisotopic (exact) mass is 580 g/mol. The first kappa shape index (κ1) is 32.1. The molecule has 180 valence electrons. The molecule has 4 rings (SSSR count). The minimum atomic E-state index is -0.241. The second kappa shape index (κ2) is 16.1. The number of halogens is 1. The Morgan fingerprint density at radius 1 is 0.946 bits per heavy atom. The average molecular weight is 581 g/mol. The van der Waals surface area contributed by atoms with E-state index < -0.39 is 0 Å². The number of fused-ring (bicyclic) bond motifs is 1. The molecule has 0 aliphatic carbocycles. The summed E-state index contributed by atoms with van der Waals surface area (Å²) in [6, 6.07) is 13.2. The van der Waals surface area contributed by atoms with Crippen LogP contribution in [0, 0.1) is 0 Å². The summed E-state index contributed by atoms with van der Waals surface area (Å²) < 4.78 is 8.72. The zero-order chi connectivity index (χ0) is 24.6. The second-order valence-electron chi connectivity index (χ2n) is 6.35. The molecule has 3 aromatic carbocycles. The number of nitrogens with zero attached hydrogens (tertiary/aromatic N) is 5. The zero-order valence-corrected chi connectivity index (χ0v) is 25.4. The number of benzene rings is 3. The summed E-state index contributed by atoms with van der Waals surface area (Å²) >= 11 is 7.03. The summed E-state index contributed by atoms with van der Waals surface area (Å²) in [5.74, 6) is -0.0322. The molecule has 2 N–H and O–H groups in total.